The van der Waals surface area contributed by atoms with Crippen molar-refractivity contribution in [2.45, 2.75) is 38.8 Å². The van der Waals surface area contributed by atoms with E-state index in [-0.39, 0.29) is 18.4 Å². The maximum atomic E-state index is 12.9. The molecular weight excluding hydrogens is 376 g/mol. The molecule has 0 bridgehead atoms. The van der Waals surface area contributed by atoms with Gasteiger partial charge in [-0.3, -0.25) is 9.59 Å². The normalized spacial score (nSPS) is 11.7. The first-order valence-electron chi connectivity index (χ1n) is 9.47. The van der Waals surface area contributed by atoms with E-state index in [1.165, 1.54) is 0 Å². The second kappa shape index (κ2) is 11.5. The zero-order valence-corrected chi connectivity index (χ0v) is 16.9. The SMILES string of the molecule is CC(C(=O)NCCCO)N(Cc1ccc(Cl)cc1)C(=O)CCc1ccccc1. The molecule has 6 heteroatoms. The number of carbonyl (C=O) groups excluding carboxylic acids is 2. The van der Waals surface area contributed by atoms with Gasteiger partial charge in [0.2, 0.25) is 11.8 Å². The minimum atomic E-state index is -0.613. The van der Waals surface area contributed by atoms with Crippen molar-refractivity contribution < 1.29 is 14.7 Å². The third-order valence-corrected chi connectivity index (χ3v) is 4.79. The Kier molecular flexibility index (Phi) is 8.98. The fourth-order valence-corrected chi connectivity index (χ4v) is 2.97. The van der Waals surface area contributed by atoms with Crippen molar-refractivity contribution >= 4 is 23.4 Å². The van der Waals surface area contributed by atoms with Crippen LogP contribution in [-0.2, 0) is 22.6 Å². The van der Waals surface area contributed by atoms with Crippen molar-refractivity contribution in [3.05, 3.63) is 70.7 Å². The van der Waals surface area contributed by atoms with Crippen LogP contribution in [0.25, 0.3) is 0 Å². The lowest BCUT2D eigenvalue weighted by atomic mass is 10.1. The maximum absolute atomic E-state index is 12.9. The van der Waals surface area contributed by atoms with E-state index in [0.29, 0.717) is 37.4 Å². The first-order chi connectivity index (χ1) is 13.5. The Morgan fingerprint density at radius 1 is 1.07 bits per heavy atom. The topological polar surface area (TPSA) is 69.6 Å². The zero-order chi connectivity index (χ0) is 20.4. The lowest BCUT2D eigenvalue weighted by Gasteiger charge is -2.29. The fourth-order valence-electron chi connectivity index (χ4n) is 2.85. The van der Waals surface area contributed by atoms with Crippen LogP contribution < -0.4 is 5.32 Å². The van der Waals surface area contributed by atoms with Crippen molar-refractivity contribution in [1.29, 1.82) is 0 Å². The molecule has 0 aliphatic rings. The highest BCUT2D eigenvalue weighted by molar-refractivity contribution is 6.30. The number of nitrogens with zero attached hydrogens (tertiary/aromatic N) is 1. The largest absolute Gasteiger partial charge is 0.396 e. The third kappa shape index (κ3) is 6.98. The molecule has 1 atom stereocenters. The quantitative estimate of drug-likeness (QED) is 0.599. The van der Waals surface area contributed by atoms with Crippen LogP contribution in [0.15, 0.2) is 54.6 Å². The summed E-state index contributed by atoms with van der Waals surface area (Å²) in [6.07, 6.45) is 1.43. The lowest BCUT2D eigenvalue weighted by molar-refractivity contribution is -0.140. The van der Waals surface area contributed by atoms with Gasteiger partial charge in [-0.25, -0.2) is 0 Å². The molecule has 2 amide bonds. The summed E-state index contributed by atoms with van der Waals surface area (Å²) in [4.78, 5) is 27.0. The summed E-state index contributed by atoms with van der Waals surface area (Å²) in [5.74, 6) is -0.306. The minimum Gasteiger partial charge on any atom is -0.396 e. The Morgan fingerprint density at radius 2 is 1.75 bits per heavy atom. The van der Waals surface area contributed by atoms with Gasteiger partial charge in [-0.05, 0) is 43.0 Å². The van der Waals surface area contributed by atoms with Gasteiger partial charge in [0.1, 0.15) is 6.04 Å². The number of nitrogens with one attached hydrogen (secondary N) is 1. The van der Waals surface area contributed by atoms with E-state index < -0.39 is 6.04 Å². The standard InChI is InChI=1S/C22H27ClN2O3/c1-17(22(28)24-14-5-15-26)25(16-19-8-11-20(23)12-9-19)21(27)13-10-18-6-3-2-4-7-18/h2-4,6-9,11-12,17,26H,5,10,13-16H2,1H3,(H,24,28). The molecule has 2 rings (SSSR count). The molecule has 0 saturated heterocycles. The van der Waals surface area contributed by atoms with E-state index in [2.05, 4.69) is 5.32 Å². The van der Waals surface area contributed by atoms with Gasteiger partial charge in [-0.2, -0.15) is 0 Å². The molecule has 5 nitrogen and oxygen atoms in total. The number of benzene rings is 2. The number of aliphatic hydroxyl groups is 1. The molecule has 1 unspecified atom stereocenters. The van der Waals surface area contributed by atoms with E-state index in [1.807, 2.05) is 42.5 Å². The van der Waals surface area contributed by atoms with Crippen molar-refractivity contribution in [2.75, 3.05) is 13.2 Å². The van der Waals surface area contributed by atoms with Gasteiger partial charge in [-0.1, -0.05) is 54.1 Å². The van der Waals surface area contributed by atoms with Gasteiger partial charge in [0.05, 0.1) is 0 Å². The molecule has 28 heavy (non-hydrogen) atoms. The van der Waals surface area contributed by atoms with E-state index >= 15 is 0 Å². The van der Waals surface area contributed by atoms with Crippen LogP contribution in [0.4, 0.5) is 0 Å². The minimum absolute atomic E-state index is 0.0131. The second-order valence-corrected chi connectivity index (χ2v) is 7.11. The first kappa shape index (κ1) is 21.9. The van der Waals surface area contributed by atoms with Gasteiger partial charge in [0, 0.05) is 31.1 Å². The molecule has 0 spiro atoms. The zero-order valence-electron chi connectivity index (χ0n) is 16.1. The highest BCUT2D eigenvalue weighted by atomic mass is 35.5. The summed E-state index contributed by atoms with van der Waals surface area (Å²) < 4.78 is 0. The molecule has 0 fully saturated rings. The van der Waals surface area contributed by atoms with Crippen LogP contribution in [0.1, 0.15) is 30.9 Å². The predicted octanol–water partition coefficient (Wildman–Crippen LogP) is 3.19. The number of hydrogen-bond donors (Lipinski definition) is 2. The maximum Gasteiger partial charge on any atom is 0.242 e. The number of hydrogen-bond acceptors (Lipinski definition) is 3. The Balaban J connectivity index is 2.08. The highest BCUT2D eigenvalue weighted by Crippen LogP contribution is 2.15. The predicted molar refractivity (Wildman–Crippen MR) is 111 cm³/mol. The molecule has 150 valence electrons. The Morgan fingerprint density at radius 3 is 2.39 bits per heavy atom. The summed E-state index contributed by atoms with van der Waals surface area (Å²) in [5.41, 5.74) is 2.00. The monoisotopic (exact) mass is 402 g/mol. The third-order valence-electron chi connectivity index (χ3n) is 4.54. The van der Waals surface area contributed by atoms with E-state index in [9.17, 15) is 9.59 Å². The summed E-state index contributed by atoms with van der Waals surface area (Å²) in [6, 6.07) is 16.5. The number of aryl methyl sites for hydroxylation is 1. The van der Waals surface area contributed by atoms with E-state index in [4.69, 9.17) is 16.7 Å². The molecule has 0 saturated carbocycles. The fraction of sp³-hybridized carbons (Fsp3) is 0.364. The smallest absolute Gasteiger partial charge is 0.242 e. The Labute approximate surface area is 171 Å². The van der Waals surface area contributed by atoms with Crippen LogP contribution in [0.5, 0.6) is 0 Å². The molecule has 0 aliphatic heterocycles. The summed E-state index contributed by atoms with van der Waals surface area (Å²) in [6.45, 7) is 2.45. The number of amides is 2. The molecule has 2 aromatic rings. The number of halogens is 1. The van der Waals surface area contributed by atoms with Gasteiger partial charge in [0.25, 0.3) is 0 Å². The molecule has 0 aliphatic carbocycles. The average Bonchev–Trinajstić information content (AvgIpc) is 2.72. The van der Waals surface area contributed by atoms with Gasteiger partial charge < -0.3 is 15.3 Å². The molecule has 0 heterocycles. The Bertz CT molecular complexity index is 750. The Hall–Kier alpha value is -2.37. The van der Waals surface area contributed by atoms with Crippen molar-refractivity contribution in [1.82, 2.24) is 10.2 Å². The summed E-state index contributed by atoms with van der Waals surface area (Å²) in [5, 5.41) is 12.3. The second-order valence-electron chi connectivity index (χ2n) is 6.68. The lowest BCUT2D eigenvalue weighted by Crippen LogP contribution is -2.47. The molecular formula is C22H27ClN2O3. The van der Waals surface area contributed by atoms with Crippen LogP contribution in [-0.4, -0.2) is 41.0 Å². The van der Waals surface area contributed by atoms with Gasteiger partial charge in [-0.15, -0.1) is 0 Å². The van der Waals surface area contributed by atoms with Crippen molar-refractivity contribution in [3.8, 4) is 0 Å². The molecule has 0 aromatic heterocycles. The summed E-state index contributed by atoms with van der Waals surface area (Å²) in [7, 11) is 0. The van der Waals surface area contributed by atoms with Gasteiger partial charge in [0.15, 0.2) is 0 Å². The van der Waals surface area contributed by atoms with E-state index in [1.54, 1.807) is 24.0 Å². The number of rotatable bonds is 10. The molecule has 2 N–H and O–H groups in total. The summed E-state index contributed by atoms with van der Waals surface area (Å²) >= 11 is 5.95. The van der Waals surface area contributed by atoms with Crippen LogP contribution in [0.2, 0.25) is 5.02 Å². The van der Waals surface area contributed by atoms with Crippen LogP contribution in [0, 0.1) is 0 Å². The van der Waals surface area contributed by atoms with Crippen LogP contribution in [0.3, 0.4) is 0 Å². The van der Waals surface area contributed by atoms with Crippen molar-refractivity contribution in [3.63, 3.8) is 0 Å². The first-order valence-corrected chi connectivity index (χ1v) is 9.85. The highest BCUT2D eigenvalue weighted by Gasteiger charge is 2.25. The van der Waals surface area contributed by atoms with Gasteiger partial charge >= 0.3 is 0 Å². The molecule has 0 radical (unpaired) electrons. The van der Waals surface area contributed by atoms with E-state index in [0.717, 1.165) is 11.1 Å². The number of aliphatic hydroxyl groups excluding tert-OH is 1. The number of carbonyl (C=O) groups is 2. The van der Waals surface area contributed by atoms with Crippen LogP contribution >= 0.6 is 11.6 Å². The average molecular weight is 403 g/mol. The van der Waals surface area contributed by atoms with Crippen molar-refractivity contribution in [2.24, 2.45) is 0 Å². The molecule has 2 aromatic carbocycles.